The Hall–Kier alpha value is -1.71. The predicted molar refractivity (Wildman–Crippen MR) is 101 cm³/mol. The van der Waals surface area contributed by atoms with Crippen LogP contribution in [-0.2, 0) is 4.74 Å². The maximum absolute atomic E-state index is 12.9. The van der Waals surface area contributed by atoms with Gasteiger partial charge in [-0.25, -0.2) is 4.79 Å². The molecule has 0 radical (unpaired) electrons. The van der Waals surface area contributed by atoms with Crippen molar-refractivity contribution in [1.29, 1.82) is 0 Å². The number of methoxy groups -OCH3 is 2. The monoisotopic (exact) mass is 462 g/mol. The van der Waals surface area contributed by atoms with Crippen molar-refractivity contribution in [2.45, 2.75) is 25.8 Å². The van der Waals surface area contributed by atoms with Crippen LogP contribution >= 0.6 is 22.6 Å². The number of likely N-dealkylation sites (tertiary alicyclic amines) is 1. The van der Waals surface area contributed by atoms with Gasteiger partial charge >= 0.3 is 6.09 Å². The predicted octanol–water partition coefficient (Wildman–Crippen LogP) is 2.66. The lowest BCUT2D eigenvalue weighted by Crippen LogP contribution is -2.49. The number of piperidine rings is 1. The molecule has 1 unspecified atom stereocenters. The summed E-state index contributed by atoms with van der Waals surface area (Å²) in [5.74, 6) is 1.02. The molecule has 1 saturated heterocycles. The standard InChI is InChI=1S/C17H23IN2O5/c1-4-25-17(22)19-11-6-5-7-20(10-11)16(21)12-8-14(23-2)15(24-3)9-13(12)18/h8-9,11H,4-7,10H2,1-3H3,(H,19,22). The first-order valence-electron chi connectivity index (χ1n) is 8.14. The Labute approximate surface area is 161 Å². The highest BCUT2D eigenvalue weighted by Crippen LogP contribution is 2.32. The third kappa shape index (κ3) is 4.90. The van der Waals surface area contributed by atoms with E-state index in [2.05, 4.69) is 27.9 Å². The zero-order valence-electron chi connectivity index (χ0n) is 14.6. The number of alkyl carbamates (subject to hydrolysis) is 1. The van der Waals surface area contributed by atoms with Crippen LogP contribution in [-0.4, -0.2) is 56.9 Å². The van der Waals surface area contributed by atoms with E-state index < -0.39 is 6.09 Å². The molecule has 1 aliphatic heterocycles. The van der Waals surface area contributed by atoms with Gasteiger partial charge in [-0.15, -0.1) is 0 Å². The van der Waals surface area contributed by atoms with E-state index in [4.69, 9.17) is 14.2 Å². The molecule has 1 aromatic rings. The molecule has 1 atom stereocenters. The van der Waals surface area contributed by atoms with Gasteiger partial charge in [-0.2, -0.15) is 0 Å². The van der Waals surface area contributed by atoms with Crippen molar-refractivity contribution in [2.75, 3.05) is 33.9 Å². The molecule has 1 N–H and O–H groups in total. The van der Waals surface area contributed by atoms with Crippen molar-refractivity contribution in [3.05, 3.63) is 21.3 Å². The molecule has 1 aliphatic rings. The molecule has 0 spiro atoms. The Bertz CT molecular complexity index is 638. The molecule has 1 aromatic carbocycles. The van der Waals surface area contributed by atoms with Crippen LogP contribution in [0.25, 0.3) is 0 Å². The van der Waals surface area contributed by atoms with E-state index in [1.54, 1.807) is 38.2 Å². The van der Waals surface area contributed by atoms with Gasteiger partial charge in [0.05, 0.1) is 26.4 Å². The largest absolute Gasteiger partial charge is 0.493 e. The van der Waals surface area contributed by atoms with E-state index in [0.29, 0.717) is 36.8 Å². The highest BCUT2D eigenvalue weighted by Gasteiger charge is 2.27. The van der Waals surface area contributed by atoms with Crippen LogP contribution in [0.15, 0.2) is 12.1 Å². The average Bonchev–Trinajstić information content (AvgIpc) is 2.61. The fourth-order valence-electron chi connectivity index (χ4n) is 2.81. The number of hydrogen-bond acceptors (Lipinski definition) is 5. The summed E-state index contributed by atoms with van der Waals surface area (Å²) < 4.78 is 16.3. The van der Waals surface area contributed by atoms with Gasteiger partial charge in [0.25, 0.3) is 5.91 Å². The van der Waals surface area contributed by atoms with Crippen molar-refractivity contribution in [3.8, 4) is 11.5 Å². The van der Waals surface area contributed by atoms with Crippen LogP contribution in [0.5, 0.6) is 11.5 Å². The Morgan fingerprint density at radius 3 is 2.60 bits per heavy atom. The maximum Gasteiger partial charge on any atom is 0.407 e. The van der Waals surface area contributed by atoms with Gasteiger partial charge in [0.1, 0.15) is 0 Å². The highest BCUT2D eigenvalue weighted by molar-refractivity contribution is 14.1. The van der Waals surface area contributed by atoms with Gasteiger partial charge in [0.2, 0.25) is 0 Å². The third-order valence-electron chi connectivity index (χ3n) is 4.01. The summed E-state index contributed by atoms with van der Waals surface area (Å²) in [5, 5.41) is 2.81. The molecule has 0 aromatic heterocycles. The number of nitrogens with zero attached hydrogens (tertiary/aromatic N) is 1. The number of benzene rings is 1. The zero-order valence-corrected chi connectivity index (χ0v) is 16.8. The molecule has 0 aliphatic carbocycles. The molecular weight excluding hydrogens is 439 g/mol. The van der Waals surface area contributed by atoms with Crippen LogP contribution in [0.2, 0.25) is 0 Å². The van der Waals surface area contributed by atoms with Gasteiger partial charge in [-0.3, -0.25) is 4.79 Å². The maximum atomic E-state index is 12.9. The number of carbonyl (C=O) groups excluding carboxylic acids is 2. The number of ether oxygens (including phenoxy) is 3. The zero-order chi connectivity index (χ0) is 18.4. The van der Waals surface area contributed by atoms with Crippen molar-refractivity contribution >= 4 is 34.6 Å². The van der Waals surface area contributed by atoms with E-state index in [-0.39, 0.29) is 11.9 Å². The summed E-state index contributed by atoms with van der Waals surface area (Å²) in [6, 6.07) is 3.38. The summed E-state index contributed by atoms with van der Waals surface area (Å²) in [5.41, 5.74) is 0.565. The van der Waals surface area contributed by atoms with Crippen LogP contribution in [0.1, 0.15) is 30.1 Å². The molecule has 1 fully saturated rings. The third-order valence-corrected chi connectivity index (χ3v) is 4.90. The van der Waals surface area contributed by atoms with Crippen molar-refractivity contribution in [1.82, 2.24) is 10.2 Å². The Kier molecular flexibility index (Phi) is 7.15. The summed E-state index contributed by atoms with van der Waals surface area (Å²) in [6.45, 7) is 3.20. The number of amides is 2. The summed E-state index contributed by atoms with van der Waals surface area (Å²) >= 11 is 2.12. The summed E-state index contributed by atoms with van der Waals surface area (Å²) in [6.07, 6.45) is 1.21. The van der Waals surface area contributed by atoms with Gasteiger partial charge in [0.15, 0.2) is 11.5 Å². The Morgan fingerprint density at radius 1 is 1.28 bits per heavy atom. The van der Waals surface area contributed by atoms with Crippen LogP contribution in [0.3, 0.4) is 0 Å². The minimum atomic E-state index is -0.442. The molecule has 1 heterocycles. The molecule has 0 saturated carbocycles. The lowest BCUT2D eigenvalue weighted by atomic mass is 10.0. The molecule has 25 heavy (non-hydrogen) atoms. The Balaban J connectivity index is 2.13. The Morgan fingerprint density at radius 2 is 1.96 bits per heavy atom. The topological polar surface area (TPSA) is 77.1 Å². The molecule has 7 nitrogen and oxygen atoms in total. The molecule has 8 heteroatoms. The molecule has 2 amide bonds. The molecular formula is C17H23IN2O5. The van der Waals surface area contributed by atoms with E-state index in [9.17, 15) is 9.59 Å². The lowest BCUT2D eigenvalue weighted by Gasteiger charge is -2.33. The minimum absolute atomic E-state index is 0.0827. The average molecular weight is 462 g/mol. The van der Waals surface area contributed by atoms with E-state index in [1.807, 2.05) is 0 Å². The molecule has 138 valence electrons. The molecule has 2 rings (SSSR count). The second kappa shape index (κ2) is 9.12. The van der Waals surface area contributed by atoms with E-state index in [1.165, 1.54) is 0 Å². The summed E-state index contributed by atoms with van der Waals surface area (Å²) in [4.78, 5) is 26.3. The molecule has 0 bridgehead atoms. The number of hydrogen-bond donors (Lipinski definition) is 1. The number of rotatable bonds is 5. The first-order valence-corrected chi connectivity index (χ1v) is 9.22. The first kappa shape index (κ1) is 19.6. The van der Waals surface area contributed by atoms with Gasteiger partial charge < -0.3 is 24.4 Å². The lowest BCUT2D eigenvalue weighted by molar-refractivity contribution is 0.0684. The second-order valence-electron chi connectivity index (χ2n) is 5.64. The fourth-order valence-corrected chi connectivity index (χ4v) is 3.48. The van der Waals surface area contributed by atoms with E-state index in [0.717, 1.165) is 16.4 Å². The second-order valence-corrected chi connectivity index (χ2v) is 6.80. The highest BCUT2D eigenvalue weighted by atomic mass is 127. The minimum Gasteiger partial charge on any atom is -0.493 e. The van der Waals surface area contributed by atoms with Crippen molar-refractivity contribution < 1.29 is 23.8 Å². The first-order chi connectivity index (χ1) is 12.0. The van der Waals surface area contributed by atoms with Crippen LogP contribution in [0.4, 0.5) is 4.79 Å². The van der Waals surface area contributed by atoms with Crippen LogP contribution < -0.4 is 14.8 Å². The summed E-state index contributed by atoms with van der Waals surface area (Å²) in [7, 11) is 3.10. The fraction of sp³-hybridized carbons (Fsp3) is 0.529. The van der Waals surface area contributed by atoms with Crippen molar-refractivity contribution in [2.24, 2.45) is 0 Å². The van der Waals surface area contributed by atoms with Gasteiger partial charge in [-0.05, 0) is 54.5 Å². The SMILES string of the molecule is CCOC(=O)NC1CCCN(C(=O)c2cc(OC)c(OC)cc2I)C1. The van der Waals surface area contributed by atoms with Gasteiger partial charge in [0, 0.05) is 22.7 Å². The van der Waals surface area contributed by atoms with Crippen LogP contribution in [0, 0.1) is 3.57 Å². The number of carbonyl (C=O) groups is 2. The van der Waals surface area contributed by atoms with E-state index >= 15 is 0 Å². The normalized spacial score (nSPS) is 17.0. The quantitative estimate of drug-likeness (QED) is 0.682. The number of halogens is 1. The van der Waals surface area contributed by atoms with Gasteiger partial charge in [-0.1, -0.05) is 0 Å². The van der Waals surface area contributed by atoms with Crippen molar-refractivity contribution in [3.63, 3.8) is 0 Å². The smallest absolute Gasteiger partial charge is 0.407 e. The number of nitrogens with one attached hydrogen (secondary N) is 1.